The van der Waals surface area contributed by atoms with Crippen molar-refractivity contribution in [1.82, 2.24) is 0 Å². The van der Waals surface area contributed by atoms with Crippen LogP contribution in [0.3, 0.4) is 0 Å². The van der Waals surface area contributed by atoms with Gasteiger partial charge in [0.2, 0.25) is 0 Å². The summed E-state index contributed by atoms with van der Waals surface area (Å²) in [6.07, 6.45) is 3.68. The van der Waals surface area contributed by atoms with Gasteiger partial charge in [0, 0.05) is 11.5 Å². The maximum atomic E-state index is 5.64. The second kappa shape index (κ2) is 21.1. The molecule has 6 aliphatic heterocycles. The van der Waals surface area contributed by atoms with Gasteiger partial charge >= 0.3 is 0 Å². The lowest BCUT2D eigenvalue weighted by Gasteiger charge is -2.40. The summed E-state index contributed by atoms with van der Waals surface area (Å²) >= 11 is 8.29. The molecule has 6 heterocycles. The normalized spacial score (nSPS) is 29.7. The molecule has 6 aliphatic rings. The molecule has 1 unspecified atom stereocenters. The zero-order valence-corrected chi connectivity index (χ0v) is 36.4. The molecule has 6 rings (SSSR count). The van der Waals surface area contributed by atoms with Gasteiger partial charge in [-0.25, -0.2) is 0 Å². The van der Waals surface area contributed by atoms with Gasteiger partial charge in [0.25, 0.3) is 0 Å². The van der Waals surface area contributed by atoms with Crippen LogP contribution in [0, 0.1) is 0 Å². The van der Waals surface area contributed by atoms with E-state index in [9.17, 15) is 0 Å². The van der Waals surface area contributed by atoms with Crippen LogP contribution < -0.4 is 0 Å². The minimum absolute atomic E-state index is 0.0122. The predicted octanol–water partition coefficient (Wildman–Crippen LogP) is 9.82. The molecule has 0 spiro atoms. The van der Waals surface area contributed by atoms with Crippen molar-refractivity contribution in [2.75, 3.05) is 62.7 Å². The Hall–Kier alpha value is 1.08. The van der Waals surface area contributed by atoms with E-state index in [1.54, 1.807) is 0 Å². The van der Waals surface area contributed by atoms with Crippen LogP contribution in [0.4, 0.5) is 0 Å². The van der Waals surface area contributed by atoms with Gasteiger partial charge < -0.3 is 37.9 Å². The summed E-state index contributed by atoms with van der Waals surface area (Å²) in [4.78, 5) is 0. The Balaban J connectivity index is 0.000000289. The predicted molar refractivity (Wildman–Crippen MR) is 210 cm³/mol. The minimum Gasteiger partial charge on any atom is -0.350 e. The van der Waals surface area contributed by atoms with Crippen LogP contribution in [-0.4, -0.2) is 106 Å². The van der Waals surface area contributed by atoms with Crippen LogP contribution in [0.2, 0.25) is 0 Å². The maximum Gasteiger partial charge on any atom is 0.163 e. The first kappa shape index (κ1) is 47.1. The van der Waals surface area contributed by atoms with E-state index in [1.807, 2.05) is 62.3 Å². The standard InChI is InChI=1S/C8H16O2.2C6H12O2.C6H12S2.C5H10O2.C5H10S2/c1-7(2)5-6-9-8(3,4)10-7;1-5-4-7-6(2,3)8-5;2*1-6(2)7-4-3-5-8-6;2*1-5(2)6-3-4-7-5/h5-6H2,1-4H3;5H,4H2,1-3H3;2*3-5H2,1-2H3;2*3-4H2,1-2H3. The maximum absolute atomic E-state index is 5.64. The summed E-state index contributed by atoms with van der Waals surface area (Å²) < 4.78 is 43.3. The summed E-state index contributed by atoms with van der Waals surface area (Å²) in [5.74, 6) is 4.06. The molecule has 6 saturated heterocycles. The zero-order chi connectivity index (χ0) is 36.8. The molecule has 0 aromatic rings. The molecule has 0 aromatic heterocycles. The molecule has 8 nitrogen and oxygen atoms in total. The average molecular weight is 761 g/mol. The van der Waals surface area contributed by atoms with E-state index >= 15 is 0 Å². The Morgan fingerprint density at radius 3 is 1.04 bits per heavy atom. The molecule has 0 amide bonds. The van der Waals surface area contributed by atoms with Crippen LogP contribution in [-0.2, 0) is 37.9 Å². The summed E-state index contributed by atoms with van der Waals surface area (Å²) in [5.41, 5.74) is -0.0122. The lowest BCUT2D eigenvalue weighted by Crippen LogP contribution is -2.45. The fourth-order valence-corrected chi connectivity index (χ4v) is 9.92. The Labute approximate surface area is 312 Å². The summed E-state index contributed by atoms with van der Waals surface area (Å²) in [5, 5.41) is 0. The summed E-state index contributed by atoms with van der Waals surface area (Å²) in [7, 11) is 0. The van der Waals surface area contributed by atoms with E-state index in [1.165, 1.54) is 29.4 Å². The third kappa shape index (κ3) is 24.3. The van der Waals surface area contributed by atoms with Crippen LogP contribution in [0.25, 0.3) is 0 Å². The number of rotatable bonds is 0. The van der Waals surface area contributed by atoms with Gasteiger partial charge in [-0.2, -0.15) is 0 Å². The summed E-state index contributed by atoms with van der Waals surface area (Å²) in [6, 6.07) is 0. The fourth-order valence-electron chi connectivity index (χ4n) is 4.87. The molecule has 6 fully saturated rings. The van der Waals surface area contributed by atoms with Gasteiger partial charge in [-0.1, -0.05) is 0 Å². The Morgan fingerprint density at radius 1 is 0.438 bits per heavy atom. The van der Waals surface area contributed by atoms with Crippen LogP contribution in [0.15, 0.2) is 0 Å². The van der Waals surface area contributed by atoms with E-state index in [0.29, 0.717) is 8.16 Å². The van der Waals surface area contributed by atoms with Crippen molar-refractivity contribution in [3.63, 3.8) is 0 Å². The van der Waals surface area contributed by atoms with E-state index < -0.39 is 0 Å². The van der Waals surface area contributed by atoms with Gasteiger partial charge in [-0.05, 0) is 135 Å². The second-order valence-corrected chi connectivity index (χ2v) is 23.0. The van der Waals surface area contributed by atoms with Crippen LogP contribution in [0.1, 0.15) is 123 Å². The van der Waals surface area contributed by atoms with Crippen molar-refractivity contribution < 1.29 is 37.9 Å². The quantitative estimate of drug-likeness (QED) is 0.236. The topological polar surface area (TPSA) is 73.8 Å². The second-order valence-electron chi connectivity index (χ2n) is 15.6. The first-order valence-electron chi connectivity index (χ1n) is 17.6. The molecule has 12 heteroatoms. The zero-order valence-electron chi connectivity index (χ0n) is 33.2. The first-order valence-corrected chi connectivity index (χ1v) is 21.6. The van der Waals surface area contributed by atoms with Gasteiger partial charge in [0.1, 0.15) is 0 Å². The van der Waals surface area contributed by atoms with E-state index in [0.717, 1.165) is 52.5 Å². The highest BCUT2D eigenvalue weighted by molar-refractivity contribution is 8.21. The van der Waals surface area contributed by atoms with Crippen molar-refractivity contribution in [1.29, 1.82) is 0 Å². The van der Waals surface area contributed by atoms with Crippen LogP contribution >= 0.6 is 47.0 Å². The van der Waals surface area contributed by atoms with Crippen LogP contribution in [0.5, 0.6) is 0 Å². The molecule has 1 atom stereocenters. The Bertz CT molecular complexity index is 782. The smallest absolute Gasteiger partial charge is 0.163 e. The van der Waals surface area contributed by atoms with Crippen molar-refractivity contribution in [2.24, 2.45) is 0 Å². The van der Waals surface area contributed by atoms with Crippen molar-refractivity contribution in [2.45, 2.75) is 166 Å². The molecule has 288 valence electrons. The largest absolute Gasteiger partial charge is 0.350 e. The Kier molecular flexibility index (Phi) is 20.7. The van der Waals surface area contributed by atoms with E-state index in [4.69, 9.17) is 37.9 Å². The summed E-state index contributed by atoms with van der Waals surface area (Å²) in [6.45, 7) is 35.6. The third-order valence-corrected chi connectivity index (χ3v) is 13.4. The van der Waals surface area contributed by atoms with Gasteiger partial charge in [0.15, 0.2) is 23.1 Å². The third-order valence-electron chi connectivity index (χ3n) is 7.17. The van der Waals surface area contributed by atoms with Gasteiger partial charge in [0.05, 0.1) is 59.5 Å². The average Bonchev–Trinajstić information content (AvgIpc) is 3.62. The lowest BCUT2D eigenvalue weighted by molar-refractivity contribution is -0.300. The molecular formula is C36H72O8S4. The van der Waals surface area contributed by atoms with E-state index in [-0.39, 0.29) is 34.9 Å². The minimum atomic E-state index is -0.387. The monoisotopic (exact) mass is 760 g/mol. The van der Waals surface area contributed by atoms with E-state index in [2.05, 4.69) is 88.6 Å². The molecule has 48 heavy (non-hydrogen) atoms. The molecule has 0 aromatic carbocycles. The van der Waals surface area contributed by atoms with Crippen molar-refractivity contribution in [3.05, 3.63) is 0 Å². The highest BCUT2D eigenvalue weighted by Gasteiger charge is 2.34. The molecule has 0 radical (unpaired) electrons. The highest BCUT2D eigenvalue weighted by Crippen LogP contribution is 2.42. The highest BCUT2D eigenvalue weighted by atomic mass is 32.2. The molecule has 0 bridgehead atoms. The Morgan fingerprint density at radius 2 is 0.854 bits per heavy atom. The number of hydrogen-bond donors (Lipinski definition) is 0. The molecular weight excluding hydrogens is 689 g/mol. The van der Waals surface area contributed by atoms with Gasteiger partial charge in [-0.15, -0.1) is 47.0 Å². The SMILES string of the molecule is CC1(C)CCOC(C)(C)O1.CC1(C)OCCCO1.CC1(C)OCCO1.CC1(C)SCCCS1.CC1(C)SCCS1.CC1COC(C)(C)O1. The molecule has 0 aliphatic carbocycles. The first-order chi connectivity index (χ1) is 21.8. The van der Waals surface area contributed by atoms with Crippen molar-refractivity contribution in [3.8, 4) is 0 Å². The number of hydrogen-bond acceptors (Lipinski definition) is 12. The fraction of sp³-hybridized carbons (Fsp3) is 1.00. The molecule has 0 N–H and O–H groups in total. The number of ether oxygens (including phenoxy) is 8. The lowest BCUT2D eigenvalue weighted by atomic mass is 10.0. The van der Waals surface area contributed by atoms with Crippen molar-refractivity contribution >= 4 is 47.0 Å². The number of thioether (sulfide) groups is 4. The van der Waals surface area contributed by atoms with Gasteiger partial charge in [-0.3, -0.25) is 0 Å². The molecule has 0 saturated carbocycles.